The second-order valence-electron chi connectivity index (χ2n) is 3.97. The van der Waals surface area contributed by atoms with Gasteiger partial charge in [0.25, 0.3) is 0 Å². The molecule has 1 rings (SSSR count). The second kappa shape index (κ2) is 5.79. The standard InChI is InChI=1S/C9H10F3NO7S/c10-9(11,12)21(18,19)20-5-1-2-6(7(14)15)13(4-3-5)8(16)17/h1,6H,2-4H2,(H,14,15)(H,16,17). The van der Waals surface area contributed by atoms with Crippen molar-refractivity contribution in [3.8, 4) is 0 Å². The summed E-state index contributed by atoms with van der Waals surface area (Å²) in [4.78, 5) is 22.3. The Morgan fingerprint density at radius 3 is 2.33 bits per heavy atom. The van der Waals surface area contributed by atoms with Crippen molar-refractivity contribution in [2.45, 2.75) is 24.4 Å². The Morgan fingerprint density at radius 2 is 1.90 bits per heavy atom. The largest absolute Gasteiger partial charge is 0.534 e. The lowest BCUT2D eigenvalue weighted by Gasteiger charge is -2.23. The summed E-state index contributed by atoms with van der Waals surface area (Å²) in [5.74, 6) is -2.16. The van der Waals surface area contributed by atoms with Crippen LogP contribution >= 0.6 is 0 Å². The van der Waals surface area contributed by atoms with E-state index in [-0.39, 0.29) is 0 Å². The number of carboxylic acids is 1. The molecule has 1 amide bonds. The topological polar surface area (TPSA) is 121 Å². The van der Waals surface area contributed by atoms with E-state index in [0.717, 1.165) is 6.08 Å². The number of halogens is 3. The highest BCUT2D eigenvalue weighted by Crippen LogP contribution is 2.28. The summed E-state index contributed by atoms with van der Waals surface area (Å²) in [6.07, 6.45) is -1.77. The van der Waals surface area contributed by atoms with Crippen LogP contribution in [0.15, 0.2) is 11.8 Å². The molecule has 0 aromatic heterocycles. The summed E-state index contributed by atoms with van der Waals surface area (Å²) < 4.78 is 62.0. The summed E-state index contributed by atoms with van der Waals surface area (Å²) in [6.45, 7) is -0.508. The third-order valence-corrected chi connectivity index (χ3v) is 3.58. The lowest BCUT2D eigenvalue weighted by atomic mass is 10.2. The van der Waals surface area contributed by atoms with Crippen LogP contribution in [0.25, 0.3) is 0 Å². The molecule has 12 heteroatoms. The molecule has 1 atom stereocenters. The van der Waals surface area contributed by atoms with Gasteiger partial charge in [0, 0.05) is 19.4 Å². The fourth-order valence-electron chi connectivity index (χ4n) is 1.59. The van der Waals surface area contributed by atoms with Gasteiger partial charge in [-0.15, -0.1) is 0 Å². The highest BCUT2D eigenvalue weighted by molar-refractivity contribution is 7.87. The zero-order valence-corrected chi connectivity index (χ0v) is 11.0. The molecule has 0 aliphatic carbocycles. The number of hydrogen-bond acceptors (Lipinski definition) is 5. The Morgan fingerprint density at radius 1 is 1.33 bits per heavy atom. The van der Waals surface area contributed by atoms with Crippen LogP contribution in [0, 0.1) is 0 Å². The van der Waals surface area contributed by atoms with Crippen molar-refractivity contribution in [1.82, 2.24) is 4.90 Å². The van der Waals surface area contributed by atoms with E-state index < -0.39 is 58.9 Å². The summed E-state index contributed by atoms with van der Waals surface area (Å²) >= 11 is 0. The second-order valence-corrected chi connectivity index (χ2v) is 5.51. The summed E-state index contributed by atoms with van der Waals surface area (Å²) in [7, 11) is -5.87. The first-order chi connectivity index (χ1) is 9.45. The summed E-state index contributed by atoms with van der Waals surface area (Å²) in [5, 5.41) is 17.7. The Kier molecular flexibility index (Phi) is 4.71. The molecule has 1 aliphatic rings. The maximum atomic E-state index is 12.2. The first-order valence-electron chi connectivity index (χ1n) is 5.38. The lowest BCUT2D eigenvalue weighted by molar-refractivity contribution is -0.142. The Labute approximate surface area is 116 Å². The van der Waals surface area contributed by atoms with E-state index in [0.29, 0.717) is 4.90 Å². The predicted molar refractivity (Wildman–Crippen MR) is 59.5 cm³/mol. The average molecular weight is 333 g/mol. The quantitative estimate of drug-likeness (QED) is 0.583. The molecule has 0 aromatic carbocycles. The number of hydrogen-bond donors (Lipinski definition) is 2. The van der Waals surface area contributed by atoms with E-state index in [1.807, 2.05) is 0 Å². The molecular formula is C9H10F3NO7S. The molecule has 0 bridgehead atoms. The first-order valence-corrected chi connectivity index (χ1v) is 6.78. The molecule has 21 heavy (non-hydrogen) atoms. The van der Waals surface area contributed by atoms with E-state index in [1.54, 1.807) is 0 Å². The maximum Gasteiger partial charge on any atom is 0.534 e. The monoisotopic (exact) mass is 333 g/mol. The number of amides is 1. The molecule has 0 radical (unpaired) electrons. The van der Waals surface area contributed by atoms with Gasteiger partial charge in [0.1, 0.15) is 11.8 Å². The van der Waals surface area contributed by atoms with Crippen molar-refractivity contribution in [2.75, 3.05) is 6.54 Å². The minimum absolute atomic E-state index is 0.482. The van der Waals surface area contributed by atoms with Crippen LogP contribution in [0.2, 0.25) is 0 Å². The Bertz CT molecular complexity index is 568. The highest BCUT2D eigenvalue weighted by atomic mass is 32.2. The predicted octanol–water partition coefficient (Wildman–Crippen LogP) is 0.964. The molecule has 0 spiro atoms. The fraction of sp³-hybridized carbons (Fsp3) is 0.556. The van der Waals surface area contributed by atoms with E-state index in [1.165, 1.54) is 0 Å². The molecule has 0 saturated heterocycles. The number of aliphatic carboxylic acids is 1. The Balaban J connectivity index is 2.95. The van der Waals surface area contributed by atoms with Crippen molar-refractivity contribution < 1.29 is 45.6 Å². The van der Waals surface area contributed by atoms with Gasteiger partial charge in [-0.05, 0) is 6.08 Å². The van der Waals surface area contributed by atoms with Gasteiger partial charge in [0.05, 0.1) is 0 Å². The van der Waals surface area contributed by atoms with Crippen LogP contribution in [0.3, 0.4) is 0 Å². The van der Waals surface area contributed by atoms with Crippen molar-refractivity contribution in [3.63, 3.8) is 0 Å². The Hall–Kier alpha value is -1.98. The van der Waals surface area contributed by atoms with Crippen molar-refractivity contribution in [2.24, 2.45) is 0 Å². The van der Waals surface area contributed by atoms with Crippen LogP contribution in [0.5, 0.6) is 0 Å². The van der Waals surface area contributed by atoms with Crippen LogP contribution in [-0.2, 0) is 19.1 Å². The average Bonchev–Trinajstić information content (AvgIpc) is 2.49. The minimum Gasteiger partial charge on any atom is -0.480 e. The van der Waals surface area contributed by atoms with E-state index in [4.69, 9.17) is 10.2 Å². The molecule has 0 aromatic rings. The van der Waals surface area contributed by atoms with Gasteiger partial charge in [0.15, 0.2) is 0 Å². The van der Waals surface area contributed by atoms with Crippen LogP contribution < -0.4 is 0 Å². The van der Waals surface area contributed by atoms with Crippen LogP contribution in [-0.4, -0.2) is 53.7 Å². The van der Waals surface area contributed by atoms with E-state index in [2.05, 4.69) is 4.18 Å². The van der Waals surface area contributed by atoms with Gasteiger partial charge in [-0.2, -0.15) is 21.6 Å². The molecule has 2 N–H and O–H groups in total. The van der Waals surface area contributed by atoms with Crippen LogP contribution in [0.4, 0.5) is 18.0 Å². The van der Waals surface area contributed by atoms with E-state index >= 15 is 0 Å². The number of carbonyl (C=O) groups is 2. The molecule has 0 saturated carbocycles. The molecule has 1 aliphatic heterocycles. The first kappa shape index (κ1) is 17.1. The molecule has 1 unspecified atom stereocenters. The van der Waals surface area contributed by atoms with Gasteiger partial charge in [-0.25, -0.2) is 9.59 Å². The van der Waals surface area contributed by atoms with Gasteiger partial charge >= 0.3 is 27.7 Å². The SMILES string of the molecule is O=C(O)C1CC=C(OS(=O)(=O)C(F)(F)F)CCN1C(=O)O. The normalized spacial score (nSPS) is 20.4. The fourth-order valence-corrected chi connectivity index (χ4v) is 2.11. The van der Waals surface area contributed by atoms with Crippen molar-refractivity contribution in [1.29, 1.82) is 0 Å². The minimum atomic E-state index is -5.87. The molecule has 0 fully saturated rings. The van der Waals surface area contributed by atoms with Crippen molar-refractivity contribution in [3.05, 3.63) is 11.8 Å². The highest BCUT2D eigenvalue weighted by Gasteiger charge is 2.49. The summed E-state index contributed by atoms with van der Waals surface area (Å²) in [6, 6.07) is -1.53. The van der Waals surface area contributed by atoms with Gasteiger partial charge in [0.2, 0.25) is 0 Å². The van der Waals surface area contributed by atoms with Crippen molar-refractivity contribution >= 4 is 22.2 Å². The number of carboxylic acid groups (broad SMARTS) is 2. The van der Waals surface area contributed by atoms with Gasteiger partial charge in [-0.3, -0.25) is 4.90 Å². The maximum absolute atomic E-state index is 12.2. The zero-order valence-electron chi connectivity index (χ0n) is 10.2. The number of rotatable bonds is 3. The van der Waals surface area contributed by atoms with E-state index in [9.17, 15) is 31.2 Å². The summed E-state index contributed by atoms with van der Waals surface area (Å²) in [5.41, 5.74) is -5.63. The lowest BCUT2D eigenvalue weighted by Crippen LogP contribution is -2.44. The van der Waals surface area contributed by atoms with Gasteiger partial charge in [-0.1, -0.05) is 0 Å². The zero-order chi connectivity index (χ0) is 16.4. The molecule has 1 heterocycles. The smallest absolute Gasteiger partial charge is 0.480 e. The molecule has 120 valence electrons. The third kappa shape index (κ3) is 4.00. The molecular weight excluding hydrogens is 323 g/mol. The van der Waals surface area contributed by atoms with Crippen LogP contribution in [0.1, 0.15) is 12.8 Å². The third-order valence-electron chi connectivity index (χ3n) is 2.58. The number of alkyl halides is 3. The van der Waals surface area contributed by atoms with Gasteiger partial charge < -0.3 is 14.4 Å². The number of nitrogens with zero attached hydrogens (tertiary/aromatic N) is 1. The molecule has 8 nitrogen and oxygen atoms in total.